The number of halogens is 1. The quantitative estimate of drug-likeness (QED) is 0.0731. The van der Waals surface area contributed by atoms with E-state index in [4.69, 9.17) is 0 Å². The summed E-state index contributed by atoms with van der Waals surface area (Å²) in [7, 11) is 0. The Labute approximate surface area is 210 Å². The summed E-state index contributed by atoms with van der Waals surface area (Å²) in [4.78, 5) is 0. The number of rotatable bonds is 24. The van der Waals surface area contributed by atoms with Gasteiger partial charge in [0.2, 0.25) is 0 Å². The van der Waals surface area contributed by atoms with Crippen LogP contribution in [0.1, 0.15) is 156 Å². The van der Waals surface area contributed by atoms with E-state index >= 15 is 0 Å². The molecule has 0 aromatic heterocycles. The Bertz CT molecular complexity index is 275. The van der Waals surface area contributed by atoms with Gasteiger partial charge in [0.15, 0.2) is 0 Å². The molecule has 0 atom stereocenters. The summed E-state index contributed by atoms with van der Waals surface area (Å²) in [6.45, 7) is 15.0. The van der Waals surface area contributed by atoms with E-state index in [0.29, 0.717) is 0 Å². The summed E-state index contributed by atoms with van der Waals surface area (Å²) in [5.74, 6) is 0. The van der Waals surface area contributed by atoms with Gasteiger partial charge < -0.3 is 28.5 Å². The van der Waals surface area contributed by atoms with Crippen LogP contribution in [0.25, 0.3) is 0 Å². The number of unbranched alkanes of at least 4 members (excludes halogenated alkanes) is 18. The molecule has 0 saturated heterocycles. The van der Waals surface area contributed by atoms with Gasteiger partial charge in [-0.3, -0.25) is 0 Å². The molecule has 0 fully saturated rings. The van der Waals surface area contributed by atoms with E-state index < -0.39 is 0 Å². The Morgan fingerprint density at radius 2 is 0.567 bits per heavy atom. The number of hydrogen-bond acceptors (Lipinski definition) is 0. The maximum Gasteiger partial charge on any atom is 0.0786 e. The lowest BCUT2D eigenvalue weighted by Gasteiger charge is -2.37. The van der Waals surface area contributed by atoms with Gasteiger partial charge in [0.1, 0.15) is 0 Å². The van der Waals surface area contributed by atoms with Gasteiger partial charge in [-0.15, -0.1) is 0 Å². The second kappa shape index (κ2) is 25.9. The van der Waals surface area contributed by atoms with Gasteiger partial charge in [-0.1, -0.05) is 117 Å². The highest BCUT2D eigenvalue weighted by Gasteiger charge is 2.21. The largest absolute Gasteiger partial charge is 1.00 e. The fourth-order valence-electron chi connectivity index (χ4n) is 4.84. The molecule has 0 aliphatic carbocycles. The first kappa shape index (κ1) is 32.9. The molecule has 2 heteroatoms. The molecule has 0 aromatic rings. The molecular weight excluding hydrogens is 477 g/mol. The van der Waals surface area contributed by atoms with E-state index in [0.717, 1.165) is 0 Å². The third-order valence-electron chi connectivity index (χ3n) is 7.31. The van der Waals surface area contributed by atoms with E-state index in [2.05, 4.69) is 27.7 Å². The van der Waals surface area contributed by atoms with Crippen molar-refractivity contribution in [3.8, 4) is 0 Å². The second-order valence-electron chi connectivity index (χ2n) is 9.79. The van der Waals surface area contributed by atoms with Gasteiger partial charge in [0.25, 0.3) is 0 Å². The highest BCUT2D eigenvalue weighted by Crippen LogP contribution is 2.16. The van der Waals surface area contributed by atoms with Crippen LogP contribution in [-0.4, -0.2) is 30.7 Å². The number of quaternary nitrogens is 1. The van der Waals surface area contributed by atoms with Crippen LogP contribution in [0.2, 0.25) is 0 Å². The minimum atomic E-state index is 0. The number of hydrogen-bond donors (Lipinski definition) is 0. The van der Waals surface area contributed by atoms with Crippen molar-refractivity contribution in [2.75, 3.05) is 26.2 Å². The van der Waals surface area contributed by atoms with Crippen LogP contribution in [0.4, 0.5) is 0 Å². The average molecular weight is 538 g/mol. The predicted octanol–water partition coefficient (Wildman–Crippen LogP) is 6.69. The van der Waals surface area contributed by atoms with Crippen molar-refractivity contribution in [2.45, 2.75) is 156 Å². The second-order valence-corrected chi connectivity index (χ2v) is 9.79. The maximum atomic E-state index is 2.43. The first-order valence-corrected chi connectivity index (χ1v) is 14.1. The molecule has 0 radical (unpaired) electrons. The zero-order chi connectivity index (χ0) is 21.5. The highest BCUT2D eigenvalue weighted by atomic mass is 127. The Morgan fingerprint density at radius 1 is 0.333 bits per heavy atom. The summed E-state index contributed by atoms with van der Waals surface area (Å²) < 4.78 is 1.38. The Hall–Kier alpha value is 0.690. The molecule has 0 saturated carbocycles. The van der Waals surface area contributed by atoms with Crippen LogP contribution >= 0.6 is 0 Å². The van der Waals surface area contributed by atoms with E-state index in [1.54, 1.807) is 0 Å². The van der Waals surface area contributed by atoms with Crippen molar-refractivity contribution < 1.29 is 28.5 Å². The van der Waals surface area contributed by atoms with Gasteiger partial charge in [-0.2, -0.15) is 0 Å². The Kier molecular flexibility index (Phi) is 28.4. The van der Waals surface area contributed by atoms with Crippen LogP contribution in [0, 0.1) is 0 Å². The van der Waals surface area contributed by atoms with Crippen molar-refractivity contribution in [1.82, 2.24) is 0 Å². The molecule has 184 valence electrons. The predicted molar refractivity (Wildman–Crippen MR) is 135 cm³/mol. The van der Waals surface area contributed by atoms with E-state index in [1.807, 2.05) is 0 Å². The minimum absolute atomic E-state index is 0. The summed E-state index contributed by atoms with van der Waals surface area (Å²) in [5.41, 5.74) is 0. The highest BCUT2D eigenvalue weighted by molar-refractivity contribution is 4.51. The molecule has 0 aliphatic rings. The molecular formula is C28H60IN. The molecule has 0 bridgehead atoms. The molecule has 0 amide bonds. The smallest absolute Gasteiger partial charge is 0.0786 e. The molecule has 0 rings (SSSR count). The fraction of sp³-hybridized carbons (Fsp3) is 1.00. The third-order valence-corrected chi connectivity index (χ3v) is 7.31. The monoisotopic (exact) mass is 537 g/mol. The zero-order valence-electron chi connectivity index (χ0n) is 21.8. The minimum Gasteiger partial charge on any atom is -1.00 e. The zero-order valence-corrected chi connectivity index (χ0v) is 24.0. The van der Waals surface area contributed by atoms with Crippen molar-refractivity contribution in [3.05, 3.63) is 0 Å². The van der Waals surface area contributed by atoms with Crippen molar-refractivity contribution in [3.63, 3.8) is 0 Å². The van der Waals surface area contributed by atoms with Crippen LogP contribution in [0.3, 0.4) is 0 Å². The van der Waals surface area contributed by atoms with Gasteiger partial charge in [-0.05, 0) is 39.5 Å². The van der Waals surface area contributed by atoms with Gasteiger partial charge in [0.05, 0.1) is 26.2 Å². The third kappa shape index (κ3) is 20.6. The molecule has 0 N–H and O–H groups in total. The van der Waals surface area contributed by atoms with Crippen LogP contribution < -0.4 is 24.0 Å². The maximum absolute atomic E-state index is 2.43. The molecule has 0 unspecified atom stereocenters. The molecule has 1 nitrogen and oxygen atoms in total. The van der Waals surface area contributed by atoms with E-state index in [1.165, 1.54) is 159 Å². The lowest BCUT2D eigenvalue weighted by atomic mass is 10.1. The fourth-order valence-corrected chi connectivity index (χ4v) is 4.84. The van der Waals surface area contributed by atoms with E-state index in [9.17, 15) is 0 Å². The van der Waals surface area contributed by atoms with Gasteiger partial charge in [0, 0.05) is 0 Å². The van der Waals surface area contributed by atoms with Crippen molar-refractivity contribution in [1.29, 1.82) is 0 Å². The molecule has 0 aliphatic heterocycles. The summed E-state index contributed by atoms with van der Waals surface area (Å²) in [5, 5.41) is 0. The summed E-state index contributed by atoms with van der Waals surface area (Å²) >= 11 is 0. The van der Waals surface area contributed by atoms with Crippen molar-refractivity contribution >= 4 is 0 Å². The van der Waals surface area contributed by atoms with E-state index in [-0.39, 0.29) is 24.0 Å². The topological polar surface area (TPSA) is 0 Å². The SMILES string of the molecule is CCCCCCCCCCCC[N+](CC)(CC)CCCCCCCCCCCC.[I-]. The first-order valence-electron chi connectivity index (χ1n) is 14.1. The van der Waals surface area contributed by atoms with Gasteiger partial charge >= 0.3 is 0 Å². The van der Waals surface area contributed by atoms with Crippen LogP contribution in [0.5, 0.6) is 0 Å². The molecule has 0 aromatic carbocycles. The standard InChI is InChI=1S/C28H60N.HI/c1-5-9-11-13-15-17-19-21-23-25-27-29(7-3,8-4)28-26-24-22-20-18-16-14-12-10-6-2;/h5-28H2,1-4H3;1H/q+1;/p-1. The number of nitrogens with zero attached hydrogens (tertiary/aromatic N) is 1. The first-order chi connectivity index (χ1) is 14.2. The summed E-state index contributed by atoms with van der Waals surface area (Å²) in [6, 6.07) is 0. The molecule has 0 heterocycles. The van der Waals surface area contributed by atoms with Gasteiger partial charge in [-0.25, -0.2) is 0 Å². The van der Waals surface area contributed by atoms with Crippen LogP contribution in [0.15, 0.2) is 0 Å². The molecule has 30 heavy (non-hydrogen) atoms. The Balaban J connectivity index is 0. The lowest BCUT2D eigenvalue weighted by molar-refractivity contribution is -0.925. The average Bonchev–Trinajstić information content (AvgIpc) is 2.75. The van der Waals surface area contributed by atoms with Crippen molar-refractivity contribution in [2.24, 2.45) is 0 Å². The summed E-state index contributed by atoms with van der Waals surface area (Å²) in [6.07, 6.45) is 29.1. The normalized spacial score (nSPS) is 11.6. The lowest BCUT2D eigenvalue weighted by Crippen LogP contribution is -3.00. The Morgan fingerprint density at radius 3 is 0.800 bits per heavy atom. The van der Waals surface area contributed by atoms with Crippen LogP contribution in [-0.2, 0) is 0 Å². The molecule has 0 spiro atoms.